The number of pyridine rings is 1. The van der Waals surface area contributed by atoms with Crippen molar-refractivity contribution in [3.05, 3.63) is 54.2 Å². The monoisotopic (exact) mass is 370 g/mol. The van der Waals surface area contributed by atoms with E-state index in [2.05, 4.69) is 11.1 Å². The van der Waals surface area contributed by atoms with Crippen LogP contribution in [0.15, 0.2) is 47.5 Å². The van der Waals surface area contributed by atoms with Gasteiger partial charge in [-0.25, -0.2) is 13.4 Å². The summed E-state index contributed by atoms with van der Waals surface area (Å²) in [6.45, 7) is 1.18. The molecule has 1 aliphatic rings. The number of aromatic nitrogens is 1. The van der Waals surface area contributed by atoms with Crippen LogP contribution < -0.4 is 4.90 Å². The smallest absolute Gasteiger partial charge is 0.354 e. The molecule has 1 aromatic carbocycles. The Labute approximate surface area is 143 Å². The second-order valence-electron chi connectivity index (χ2n) is 5.53. The molecule has 1 aliphatic heterocycles. The summed E-state index contributed by atoms with van der Waals surface area (Å²) in [4.78, 5) is 5.79. The molecule has 0 N–H and O–H groups in total. The second-order valence-corrected chi connectivity index (χ2v) is 7.47. The molecule has 1 fully saturated rings. The van der Waals surface area contributed by atoms with Gasteiger partial charge in [-0.3, -0.25) is 0 Å². The SMILES string of the molecule is O=S(=O)(c1c[c]ccc1)N1CCN(c2ccc(C(F)(F)F)cn2)CC1. The molecule has 9 heteroatoms. The van der Waals surface area contributed by atoms with Gasteiger partial charge in [0.05, 0.1) is 10.5 Å². The zero-order valence-electron chi connectivity index (χ0n) is 13.1. The second kappa shape index (κ2) is 6.64. The van der Waals surface area contributed by atoms with Gasteiger partial charge in [0.2, 0.25) is 10.0 Å². The molecular formula is C16H15F3N3O2S. The van der Waals surface area contributed by atoms with E-state index in [-0.39, 0.29) is 18.0 Å². The van der Waals surface area contributed by atoms with Crippen molar-refractivity contribution < 1.29 is 21.6 Å². The fourth-order valence-corrected chi connectivity index (χ4v) is 3.99. The molecule has 133 valence electrons. The average Bonchev–Trinajstić information content (AvgIpc) is 2.62. The van der Waals surface area contributed by atoms with Crippen molar-refractivity contribution in [2.24, 2.45) is 0 Å². The van der Waals surface area contributed by atoms with Crippen LogP contribution in [0.1, 0.15) is 5.56 Å². The fourth-order valence-electron chi connectivity index (χ4n) is 2.58. The average molecular weight is 370 g/mol. The molecule has 2 heterocycles. The van der Waals surface area contributed by atoms with Crippen molar-refractivity contribution in [3.63, 3.8) is 0 Å². The van der Waals surface area contributed by atoms with Crippen LogP contribution in [0.3, 0.4) is 0 Å². The summed E-state index contributed by atoms with van der Waals surface area (Å²) >= 11 is 0. The quantitative estimate of drug-likeness (QED) is 0.833. The molecule has 2 aromatic rings. The lowest BCUT2D eigenvalue weighted by Gasteiger charge is -2.34. The van der Waals surface area contributed by atoms with E-state index in [0.717, 1.165) is 12.3 Å². The predicted molar refractivity (Wildman–Crippen MR) is 85.5 cm³/mol. The van der Waals surface area contributed by atoms with Gasteiger partial charge in [0.1, 0.15) is 5.82 Å². The molecule has 0 unspecified atom stereocenters. The molecule has 0 aliphatic carbocycles. The minimum absolute atomic E-state index is 0.177. The van der Waals surface area contributed by atoms with Gasteiger partial charge in [0, 0.05) is 32.4 Å². The lowest BCUT2D eigenvalue weighted by molar-refractivity contribution is -0.137. The van der Waals surface area contributed by atoms with Crippen molar-refractivity contribution in [1.29, 1.82) is 0 Å². The first-order chi connectivity index (χ1) is 11.8. The molecule has 1 radical (unpaired) electrons. The summed E-state index contributed by atoms with van der Waals surface area (Å²) in [5, 5.41) is 0. The van der Waals surface area contributed by atoms with Gasteiger partial charge in [-0.2, -0.15) is 17.5 Å². The molecule has 1 aromatic heterocycles. The largest absolute Gasteiger partial charge is 0.417 e. The molecule has 0 spiro atoms. The molecule has 0 saturated carbocycles. The van der Waals surface area contributed by atoms with Crippen LogP contribution in [0, 0.1) is 6.07 Å². The van der Waals surface area contributed by atoms with Crippen molar-refractivity contribution in [2.45, 2.75) is 11.1 Å². The molecule has 25 heavy (non-hydrogen) atoms. The van der Waals surface area contributed by atoms with Crippen LogP contribution in [0.2, 0.25) is 0 Å². The Hall–Kier alpha value is -2.13. The Bertz CT molecular complexity index is 816. The van der Waals surface area contributed by atoms with Crippen LogP contribution in [0.4, 0.5) is 19.0 Å². The summed E-state index contributed by atoms with van der Waals surface area (Å²) in [6.07, 6.45) is -3.64. The number of halogens is 3. The highest BCUT2D eigenvalue weighted by atomic mass is 32.2. The third-order valence-electron chi connectivity index (χ3n) is 3.95. The normalized spacial score (nSPS) is 16.8. The Morgan fingerprint density at radius 1 is 1.08 bits per heavy atom. The van der Waals surface area contributed by atoms with Gasteiger partial charge in [0.25, 0.3) is 0 Å². The number of hydrogen-bond donors (Lipinski definition) is 0. The minimum atomic E-state index is -4.43. The summed E-state index contributed by atoms with van der Waals surface area (Å²) in [5.41, 5.74) is -0.808. The Morgan fingerprint density at radius 2 is 1.80 bits per heavy atom. The zero-order chi connectivity index (χ0) is 18.1. The van der Waals surface area contributed by atoms with Crippen LogP contribution in [0.25, 0.3) is 0 Å². The Morgan fingerprint density at radius 3 is 2.32 bits per heavy atom. The van der Waals surface area contributed by atoms with Gasteiger partial charge < -0.3 is 4.90 Å². The molecular weight excluding hydrogens is 355 g/mol. The van der Waals surface area contributed by atoms with E-state index in [9.17, 15) is 21.6 Å². The Balaban J connectivity index is 1.68. The standard InChI is InChI=1S/C16H15F3N3O2S/c17-16(18,19)13-6-7-15(20-12-13)21-8-10-22(11-9-21)25(23,24)14-4-2-1-3-5-14/h1-2,4-7,12H,8-11H2. The number of nitrogens with zero attached hydrogens (tertiary/aromatic N) is 3. The number of sulfonamides is 1. The van der Waals surface area contributed by atoms with E-state index in [0.29, 0.717) is 18.9 Å². The van der Waals surface area contributed by atoms with E-state index in [1.54, 1.807) is 17.0 Å². The van der Waals surface area contributed by atoms with Crippen LogP contribution in [-0.4, -0.2) is 43.9 Å². The number of piperazine rings is 1. The fraction of sp³-hybridized carbons (Fsp3) is 0.312. The van der Waals surface area contributed by atoms with E-state index in [1.165, 1.54) is 22.5 Å². The van der Waals surface area contributed by atoms with E-state index >= 15 is 0 Å². The number of benzene rings is 1. The third-order valence-corrected chi connectivity index (χ3v) is 5.85. The highest BCUT2D eigenvalue weighted by Gasteiger charge is 2.32. The first-order valence-corrected chi connectivity index (χ1v) is 8.97. The van der Waals surface area contributed by atoms with Crippen molar-refractivity contribution in [1.82, 2.24) is 9.29 Å². The number of alkyl halides is 3. The minimum Gasteiger partial charge on any atom is -0.354 e. The van der Waals surface area contributed by atoms with Crippen molar-refractivity contribution >= 4 is 15.8 Å². The maximum absolute atomic E-state index is 12.6. The lowest BCUT2D eigenvalue weighted by Crippen LogP contribution is -2.48. The maximum atomic E-state index is 12.6. The molecule has 0 atom stereocenters. The number of rotatable bonds is 3. The van der Waals surface area contributed by atoms with Crippen LogP contribution in [-0.2, 0) is 16.2 Å². The molecule has 0 amide bonds. The highest BCUT2D eigenvalue weighted by molar-refractivity contribution is 7.89. The number of anilines is 1. The lowest BCUT2D eigenvalue weighted by atomic mass is 10.2. The first-order valence-electron chi connectivity index (χ1n) is 7.53. The van der Waals surface area contributed by atoms with Gasteiger partial charge in [-0.1, -0.05) is 12.1 Å². The summed E-state index contributed by atoms with van der Waals surface area (Å²) in [5.74, 6) is 0.401. The van der Waals surface area contributed by atoms with Crippen LogP contribution >= 0.6 is 0 Å². The van der Waals surface area contributed by atoms with Gasteiger partial charge >= 0.3 is 6.18 Å². The third kappa shape index (κ3) is 3.77. The molecule has 5 nitrogen and oxygen atoms in total. The molecule has 3 rings (SSSR count). The van der Waals surface area contributed by atoms with Gasteiger partial charge in [-0.15, -0.1) is 0 Å². The topological polar surface area (TPSA) is 53.5 Å². The Kier molecular flexibility index (Phi) is 4.70. The summed E-state index contributed by atoms with van der Waals surface area (Å²) < 4.78 is 64.2. The number of hydrogen-bond acceptors (Lipinski definition) is 4. The zero-order valence-corrected chi connectivity index (χ0v) is 13.9. The van der Waals surface area contributed by atoms with Crippen molar-refractivity contribution in [3.8, 4) is 0 Å². The predicted octanol–water partition coefficient (Wildman–Crippen LogP) is 2.41. The summed E-state index contributed by atoms with van der Waals surface area (Å²) in [6, 6.07) is 11.2. The molecule has 1 saturated heterocycles. The van der Waals surface area contributed by atoms with Crippen molar-refractivity contribution in [2.75, 3.05) is 31.1 Å². The van der Waals surface area contributed by atoms with E-state index < -0.39 is 21.8 Å². The van der Waals surface area contributed by atoms with Gasteiger partial charge in [0.15, 0.2) is 0 Å². The first kappa shape index (κ1) is 17.7. The summed E-state index contributed by atoms with van der Waals surface area (Å²) in [7, 11) is -3.59. The van der Waals surface area contributed by atoms with E-state index in [1.807, 2.05) is 0 Å². The van der Waals surface area contributed by atoms with Gasteiger partial charge in [-0.05, 0) is 30.3 Å². The van der Waals surface area contributed by atoms with Crippen LogP contribution in [0.5, 0.6) is 0 Å². The molecule has 0 bridgehead atoms. The van der Waals surface area contributed by atoms with E-state index in [4.69, 9.17) is 0 Å². The highest BCUT2D eigenvalue weighted by Crippen LogP contribution is 2.29. The maximum Gasteiger partial charge on any atom is 0.417 e.